The SMILES string of the molecule is CCC(C)C(NC(=O)C(N)CO)C(=O)NCC(=O)NC(CCC(=O)O)C(=O)O. The molecule has 0 aromatic heterocycles. The van der Waals surface area contributed by atoms with E-state index in [9.17, 15) is 24.0 Å². The van der Waals surface area contributed by atoms with Crippen molar-refractivity contribution in [3.63, 3.8) is 0 Å². The minimum absolute atomic E-state index is 0.305. The number of nitrogens with one attached hydrogen (secondary N) is 3. The van der Waals surface area contributed by atoms with Gasteiger partial charge in [-0.3, -0.25) is 19.2 Å². The number of hydrogen-bond acceptors (Lipinski definition) is 7. The molecule has 0 aromatic carbocycles. The predicted octanol–water partition coefficient (Wildman–Crippen LogP) is -2.61. The summed E-state index contributed by atoms with van der Waals surface area (Å²) in [5.41, 5.74) is 5.41. The van der Waals surface area contributed by atoms with Crippen molar-refractivity contribution in [2.45, 2.75) is 51.2 Å². The smallest absolute Gasteiger partial charge is 0.326 e. The van der Waals surface area contributed by atoms with Gasteiger partial charge in [-0.15, -0.1) is 0 Å². The molecule has 0 aliphatic rings. The number of aliphatic hydroxyl groups excluding tert-OH is 1. The van der Waals surface area contributed by atoms with E-state index in [0.717, 1.165) is 0 Å². The van der Waals surface area contributed by atoms with E-state index in [2.05, 4.69) is 16.0 Å². The highest BCUT2D eigenvalue weighted by atomic mass is 16.4. The Bertz CT molecular complexity index is 583. The number of rotatable bonds is 13. The van der Waals surface area contributed by atoms with Crippen LogP contribution in [0.4, 0.5) is 0 Å². The van der Waals surface area contributed by atoms with Crippen LogP contribution in [-0.2, 0) is 24.0 Å². The fourth-order valence-electron chi connectivity index (χ4n) is 2.09. The first-order valence-electron chi connectivity index (χ1n) is 8.71. The molecule has 0 radical (unpaired) electrons. The molecule has 0 heterocycles. The molecular formula is C16H28N4O8. The monoisotopic (exact) mass is 404 g/mol. The molecule has 0 spiro atoms. The lowest BCUT2D eigenvalue weighted by Crippen LogP contribution is -2.56. The zero-order chi connectivity index (χ0) is 21.9. The lowest BCUT2D eigenvalue weighted by Gasteiger charge is -2.24. The highest BCUT2D eigenvalue weighted by Crippen LogP contribution is 2.08. The topological polar surface area (TPSA) is 208 Å². The fourth-order valence-corrected chi connectivity index (χ4v) is 2.09. The summed E-state index contributed by atoms with van der Waals surface area (Å²) in [5, 5.41) is 33.3. The van der Waals surface area contributed by atoms with Crippen LogP contribution in [-0.4, -0.2) is 76.3 Å². The van der Waals surface area contributed by atoms with Gasteiger partial charge in [0.15, 0.2) is 0 Å². The number of aliphatic carboxylic acids is 2. The summed E-state index contributed by atoms with van der Waals surface area (Å²) in [6, 6.07) is -3.62. The number of carboxylic acid groups (broad SMARTS) is 2. The van der Waals surface area contributed by atoms with Crippen molar-refractivity contribution in [2.75, 3.05) is 13.2 Å². The lowest BCUT2D eigenvalue weighted by atomic mass is 9.98. The van der Waals surface area contributed by atoms with Gasteiger partial charge in [0, 0.05) is 6.42 Å². The Kier molecular flexibility index (Phi) is 11.4. The number of carbonyl (C=O) groups is 5. The molecule has 0 rings (SSSR count). The Morgan fingerprint density at radius 2 is 1.64 bits per heavy atom. The van der Waals surface area contributed by atoms with Gasteiger partial charge in [-0.05, 0) is 12.3 Å². The second-order valence-electron chi connectivity index (χ2n) is 6.27. The maximum Gasteiger partial charge on any atom is 0.326 e. The summed E-state index contributed by atoms with van der Waals surface area (Å²) >= 11 is 0. The van der Waals surface area contributed by atoms with Crippen LogP contribution in [0.3, 0.4) is 0 Å². The minimum atomic E-state index is -1.41. The van der Waals surface area contributed by atoms with Crippen molar-refractivity contribution in [3.05, 3.63) is 0 Å². The van der Waals surface area contributed by atoms with Crippen LogP contribution in [0.15, 0.2) is 0 Å². The molecule has 0 aliphatic heterocycles. The zero-order valence-corrected chi connectivity index (χ0v) is 15.8. The third-order valence-corrected chi connectivity index (χ3v) is 4.03. The first-order chi connectivity index (χ1) is 13.0. The van der Waals surface area contributed by atoms with Crippen LogP contribution >= 0.6 is 0 Å². The molecule has 0 aromatic rings. The summed E-state index contributed by atoms with van der Waals surface area (Å²) in [6.07, 6.45) is -0.235. The lowest BCUT2D eigenvalue weighted by molar-refractivity contribution is -0.143. The molecule has 0 fully saturated rings. The maximum absolute atomic E-state index is 12.3. The van der Waals surface area contributed by atoms with Gasteiger partial charge in [-0.2, -0.15) is 0 Å². The summed E-state index contributed by atoms with van der Waals surface area (Å²) in [6.45, 7) is 2.32. The van der Waals surface area contributed by atoms with E-state index in [1.54, 1.807) is 13.8 Å². The third kappa shape index (κ3) is 9.28. The Morgan fingerprint density at radius 1 is 1.04 bits per heavy atom. The number of carboxylic acids is 2. The molecule has 0 saturated heterocycles. The van der Waals surface area contributed by atoms with E-state index in [0.29, 0.717) is 6.42 Å². The summed E-state index contributed by atoms with van der Waals surface area (Å²) in [4.78, 5) is 57.6. The van der Waals surface area contributed by atoms with Gasteiger partial charge in [-0.1, -0.05) is 20.3 Å². The van der Waals surface area contributed by atoms with Crippen LogP contribution in [0.5, 0.6) is 0 Å². The Hall–Kier alpha value is -2.73. The van der Waals surface area contributed by atoms with Gasteiger partial charge >= 0.3 is 11.9 Å². The minimum Gasteiger partial charge on any atom is -0.481 e. The van der Waals surface area contributed by atoms with E-state index in [-0.39, 0.29) is 12.3 Å². The molecule has 8 N–H and O–H groups in total. The Morgan fingerprint density at radius 3 is 2.11 bits per heavy atom. The van der Waals surface area contributed by atoms with E-state index in [1.807, 2.05) is 0 Å². The number of hydrogen-bond donors (Lipinski definition) is 7. The molecule has 12 nitrogen and oxygen atoms in total. The van der Waals surface area contributed by atoms with E-state index in [4.69, 9.17) is 21.1 Å². The fraction of sp³-hybridized carbons (Fsp3) is 0.688. The van der Waals surface area contributed by atoms with Crippen molar-refractivity contribution in [3.8, 4) is 0 Å². The highest BCUT2D eigenvalue weighted by Gasteiger charge is 2.28. The first-order valence-corrected chi connectivity index (χ1v) is 8.71. The van der Waals surface area contributed by atoms with Gasteiger partial charge in [0.05, 0.1) is 13.2 Å². The molecular weight excluding hydrogens is 376 g/mol. The van der Waals surface area contributed by atoms with Gasteiger partial charge in [0.25, 0.3) is 0 Å². The van der Waals surface area contributed by atoms with Crippen molar-refractivity contribution in [1.29, 1.82) is 0 Å². The van der Waals surface area contributed by atoms with Crippen LogP contribution in [0.25, 0.3) is 0 Å². The van der Waals surface area contributed by atoms with E-state index >= 15 is 0 Å². The number of amides is 3. The molecule has 0 saturated carbocycles. The number of nitrogens with two attached hydrogens (primary N) is 1. The molecule has 28 heavy (non-hydrogen) atoms. The second-order valence-corrected chi connectivity index (χ2v) is 6.27. The standard InChI is InChI=1S/C16H28N4O8/c1-3-8(2)13(20-14(25)9(17)7-21)15(26)18-6-11(22)19-10(16(27)28)4-5-12(23)24/h8-10,13,21H,3-7,17H2,1-2H3,(H,18,26)(H,19,22)(H,20,25)(H,23,24)(H,27,28). The van der Waals surface area contributed by atoms with E-state index < -0.39 is 67.4 Å². The second kappa shape index (κ2) is 12.6. The third-order valence-electron chi connectivity index (χ3n) is 4.03. The molecule has 4 atom stereocenters. The summed E-state index contributed by atoms with van der Waals surface area (Å²) in [7, 11) is 0. The average molecular weight is 404 g/mol. The molecule has 0 bridgehead atoms. The zero-order valence-electron chi connectivity index (χ0n) is 15.8. The summed E-state index contributed by atoms with van der Waals surface area (Å²) in [5.74, 6) is -5.15. The van der Waals surface area contributed by atoms with Gasteiger partial charge in [0.1, 0.15) is 18.1 Å². The maximum atomic E-state index is 12.3. The first kappa shape index (κ1) is 25.3. The Labute approximate surface area is 161 Å². The van der Waals surface area contributed by atoms with Gasteiger partial charge in [-0.25, -0.2) is 4.79 Å². The predicted molar refractivity (Wildman–Crippen MR) is 95.9 cm³/mol. The highest BCUT2D eigenvalue weighted by molar-refractivity contribution is 5.92. The quantitative estimate of drug-likeness (QED) is 0.171. The van der Waals surface area contributed by atoms with Crippen LogP contribution in [0.2, 0.25) is 0 Å². The molecule has 3 amide bonds. The number of aliphatic hydroxyl groups is 1. The average Bonchev–Trinajstić information content (AvgIpc) is 2.65. The normalized spacial score (nSPS) is 14.9. The van der Waals surface area contributed by atoms with Crippen molar-refractivity contribution in [2.24, 2.45) is 11.7 Å². The molecule has 12 heteroatoms. The molecule has 0 aliphatic carbocycles. The largest absolute Gasteiger partial charge is 0.481 e. The summed E-state index contributed by atoms with van der Waals surface area (Å²) < 4.78 is 0. The van der Waals surface area contributed by atoms with Crippen molar-refractivity contribution in [1.82, 2.24) is 16.0 Å². The molecule has 4 unspecified atom stereocenters. The van der Waals surface area contributed by atoms with Crippen LogP contribution in [0.1, 0.15) is 33.1 Å². The van der Waals surface area contributed by atoms with Crippen molar-refractivity contribution >= 4 is 29.7 Å². The number of carbonyl (C=O) groups excluding carboxylic acids is 3. The van der Waals surface area contributed by atoms with E-state index in [1.165, 1.54) is 0 Å². The van der Waals surface area contributed by atoms with Gasteiger partial charge in [0.2, 0.25) is 17.7 Å². The van der Waals surface area contributed by atoms with Crippen molar-refractivity contribution < 1.29 is 39.3 Å². The molecule has 160 valence electrons. The van der Waals surface area contributed by atoms with Gasteiger partial charge < -0.3 is 37.0 Å². The van der Waals surface area contributed by atoms with Crippen LogP contribution in [0, 0.1) is 5.92 Å². The van der Waals surface area contributed by atoms with Crippen LogP contribution < -0.4 is 21.7 Å². The Balaban J connectivity index is 4.81.